The number of unbranched alkanes of at least 4 members (excludes halogenated alkanes) is 5. The summed E-state index contributed by atoms with van der Waals surface area (Å²) in [6.07, 6.45) is 10.7. The Morgan fingerprint density at radius 3 is 2.58 bits per heavy atom. The molecule has 0 saturated carbocycles. The first-order chi connectivity index (χ1) is 12.7. The minimum atomic E-state index is -0.685. The lowest BCUT2D eigenvalue weighted by molar-refractivity contribution is -0.137. The van der Waals surface area contributed by atoms with E-state index >= 15 is 0 Å². The van der Waals surface area contributed by atoms with Crippen LogP contribution in [0.25, 0.3) is 0 Å². The van der Waals surface area contributed by atoms with Crippen LogP contribution in [-0.2, 0) is 11.2 Å². The van der Waals surface area contributed by atoms with Crippen molar-refractivity contribution in [3.05, 3.63) is 29.8 Å². The van der Waals surface area contributed by atoms with Crippen LogP contribution < -0.4 is 4.74 Å². The smallest absolute Gasteiger partial charge is 0.303 e. The van der Waals surface area contributed by atoms with E-state index in [4.69, 9.17) is 9.84 Å². The molecule has 1 heterocycles. The van der Waals surface area contributed by atoms with Crippen LogP contribution in [0, 0.1) is 0 Å². The second-order valence-corrected chi connectivity index (χ2v) is 7.45. The molecule has 4 nitrogen and oxygen atoms in total. The Morgan fingerprint density at radius 2 is 1.85 bits per heavy atom. The molecule has 1 unspecified atom stereocenters. The molecular formula is C22H35NO3. The second-order valence-electron chi connectivity index (χ2n) is 7.45. The molecule has 1 aliphatic heterocycles. The highest BCUT2D eigenvalue weighted by atomic mass is 16.5. The summed E-state index contributed by atoms with van der Waals surface area (Å²) in [4.78, 5) is 13.2. The molecule has 0 spiro atoms. The predicted octanol–water partition coefficient (Wildman–Crippen LogP) is 4.91. The lowest BCUT2D eigenvalue weighted by Gasteiger charge is -2.31. The third-order valence-electron chi connectivity index (χ3n) is 5.16. The minimum Gasteiger partial charge on any atom is -0.489 e. The molecule has 0 amide bonds. The van der Waals surface area contributed by atoms with E-state index in [1.807, 2.05) is 6.07 Å². The number of carbonyl (C=O) groups is 1. The van der Waals surface area contributed by atoms with Crippen LogP contribution in [0.1, 0.15) is 70.3 Å². The van der Waals surface area contributed by atoms with Gasteiger partial charge in [0.05, 0.1) is 0 Å². The third-order valence-corrected chi connectivity index (χ3v) is 5.16. The lowest BCUT2D eigenvalue weighted by Crippen LogP contribution is -2.38. The molecule has 0 fully saturated rings. The van der Waals surface area contributed by atoms with Gasteiger partial charge in [-0.2, -0.15) is 0 Å². The average molecular weight is 362 g/mol. The molecule has 1 atom stereocenters. The number of fused-ring (bicyclic) bond motifs is 1. The summed E-state index contributed by atoms with van der Waals surface area (Å²) >= 11 is 0. The van der Waals surface area contributed by atoms with Crippen molar-refractivity contribution in [3.63, 3.8) is 0 Å². The van der Waals surface area contributed by atoms with E-state index in [-0.39, 0.29) is 6.10 Å². The maximum absolute atomic E-state index is 10.6. The van der Waals surface area contributed by atoms with Gasteiger partial charge in [0, 0.05) is 13.0 Å². The van der Waals surface area contributed by atoms with Crippen LogP contribution in [0.4, 0.5) is 0 Å². The number of hydrogen-bond donors (Lipinski definition) is 1. The summed E-state index contributed by atoms with van der Waals surface area (Å²) < 4.78 is 6.23. The Bertz CT molecular complexity index is 532. The van der Waals surface area contributed by atoms with E-state index in [2.05, 4.69) is 30.0 Å². The van der Waals surface area contributed by atoms with Gasteiger partial charge in [-0.15, -0.1) is 0 Å². The number of aliphatic carboxylic acids is 1. The predicted molar refractivity (Wildman–Crippen MR) is 106 cm³/mol. The van der Waals surface area contributed by atoms with E-state index < -0.39 is 5.97 Å². The number of hydrogen-bond acceptors (Lipinski definition) is 3. The van der Waals surface area contributed by atoms with E-state index in [1.54, 1.807) is 0 Å². The number of ether oxygens (including phenoxy) is 1. The third kappa shape index (κ3) is 7.77. The van der Waals surface area contributed by atoms with Crippen molar-refractivity contribution in [2.45, 2.75) is 77.2 Å². The fraction of sp³-hybridized carbons (Fsp3) is 0.682. The van der Waals surface area contributed by atoms with Gasteiger partial charge in [-0.05, 0) is 56.8 Å². The molecule has 0 aliphatic carbocycles. The number of aryl methyl sites for hydroxylation is 1. The largest absolute Gasteiger partial charge is 0.489 e. The average Bonchev–Trinajstić information content (AvgIpc) is 2.64. The molecule has 26 heavy (non-hydrogen) atoms. The summed E-state index contributed by atoms with van der Waals surface area (Å²) in [5, 5.41) is 8.76. The van der Waals surface area contributed by atoms with Crippen molar-refractivity contribution in [3.8, 4) is 5.75 Å². The number of carboxylic acids is 1. The molecule has 2 rings (SSSR count). The van der Waals surface area contributed by atoms with Crippen LogP contribution in [0.5, 0.6) is 5.75 Å². The van der Waals surface area contributed by atoms with Gasteiger partial charge in [0.2, 0.25) is 0 Å². The highest BCUT2D eigenvalue weighted by molar-refractivity contribution is 5.66. The molecule has 1 aromatic rings. The van der Waals surface area contributed by atoms with Crippen LogP contribution >= 0.6 is 0 Å². The molecule has 0 aromatic heterocycles. The van der Waals surface area contributed by atoms with Crippen molar-refractivity contribution < 1.29 is 14.6 Å². The maximum Gasteiger partial charge on any atom is 0.303 e. The van der Waals surface area contributed by atoms with Gasteiger partial charge < -0.3 is 9.84 Å². The maximum atomic E-state index is 10.6. The van der Waals surface area contributed by atoms with Gasteiger partial charge in [-0.25, -0.2) is 0 Å². The number of para-hydroxylation sites is 1. The van der Waals surface area contributed by atoms with Crippen molar-refractivity contribution in [2.75, 3.05) is 19.6 Å². The van der Waals surface area contributed by atoms with Gasteiger partial charge >= 0.3 is 5.97 Å². The molecule has 1 aromatic carbocycles. The first-order valence-corrected chi connectivity index (χ1v) is 10.4. The van der Waals surface area contributed by atoms with Gasteiger partial charge in [0.25, 0.3) is 0 Å². The summed E-state index contributed by atoms with van der Waals surface area (Å²) in [6, 6.07) is 8.38. The monoisotopic (exact) mass is 361 g/mol. The zero-order valence-corrected chi connectivity index (χ0v) is 16.3. The summed E-state index contributed by atoms with van der Waals surface area (Å²) in [5.74, 6) is 0.367. The summed E-state index contributed by atoms with van der Waals surface area (Å²) in [7, 11) is 0. The second kappa shape index (κ2) is 11.9. The highest BCUT2D eigenvalue weighted by Gasteiger charge is 2.21. The topological polar surface area (TPSA) is 49.8 Å². The van der Waals surface area contributed by atoms with E-state index in [0.29, 0.717) is 6.42 Å². The Hall–Kier alpha value is -1.55. The zero-order valence-electron chi connectivity index (χ0n) is 16.3. The summed E-state index contributed by atoms with van der Waals surface area (Å²) in [5.41, 5.74) is 1.33. The van der Waals surface area contributed by atoms with Gasteiger partial charge in [-0.3, -0.25) is 9.69 Å². The molecule has 0 saturated heterocycles. The fourth-order valence-corrected chi connectivity index (χ4v) is 3.64. The highest BCUT2D eigenvalue weighted by Crippen LogP contribution is 2.27. The molecule has 1 N–H and O–H groups in total. The normalized spacial score (nSPS) is 16.3. The van der Waals surface area contributed by atoms with Crippen molar-refractivity contribution in [1.82, 2.24) is 4.90 Å². The Labute approximate surface area is 158 Å². The molecule has 0 radical (unpaired) electrons. The zero-order chi connectivity index (χ0) is 18.6. The van der Waals surface area contributed by atoms with Gasteiger partial charge in [0.15, 0.2) is 0 Å². The number of carboxylic acid groups (broad SMARTS) is 1. The van der Waals surface area contributed by atoms with Gasteiger partial charge in [-0.1, -0.05) is 50.8 Å². The van der Waals surface area contributed by atoms with Crippen LogP contribution in [0.2, 0.25) is 0 Å². The molecule has 1 aliphatic rings. The number of nitrogens with zero attached hydrogens (tertiary/aromatic N) is 1. The van der Waals surface area contributed by atoms with Crippen LogP contribution in [-0.4, -0.2) is 41.7 Å². The Kier molecular flexibility index (Phi) is 9.54. The van der Waals surface area contributed by atoms with Crippen molar-refractivity contribution in [1.29, 1.82) is 0 Å². The van der Waals surface area contributed by atoms with Crippen molar-refractivity contribution >= 4 is 5.97 Å². The molecule has 0 bridgehead atoms. The van der Waals surface area contributed by atoms with Crippen LogP contribution in [0.15, 0.2) is 24.3 Å². The minimum absolute atomic E-state index is 0.273. The Morgan fingerprint density at radius 1 is 1.12 bits per heavy atom. The van der Waals surface area contributed by atoms with E-state index in [9.17, 15) is 4.79 Å². The Balaban J connectivity index is 1.77. The van der Waals surface area contributed by atoms with Crippen LogP contribution in [0.3, 0.4) is 0 Å². The van der Waals surface area contributed by atoms with Crippen molar-refractivity contribution in [2.24, 2.45) is 0 Å². The number of benzene rings is 1. The van der Waals surface area contributed by atoms with E-state index in [1.165, 1.54) is 31.2 Å². The lowest BCUT2D eigenvalue weighted by atomic mass is 10.0. The first kappa shape index (κ1) is 20.8. The van der Waals surface area contributed by atoms with Gasteiger partial charge in [0.1, 0.15) is 11.9 Å². The van der Waals surface area contributed by atoms with E-state index in [0.717, 1.165) is 57.5 Å². The quantitative estimate of drug-likeness (QED) is 0.507. The molecular weight excluding hydrogens is 326 g/mol. The molecule has 146 valence electrons. The molecule has 4 heteroatoms. The summed E-state index contributed by atoms with van der Waals surface area (Å²) in [6.45, 7) is 5.40. The first-order valence-electron chi connectivity index (χ1n) is 10.4. The standard InChI is InChI=1S/C22H35NO3/c1-2-3-4-9-16-23(17-10-5-6-13-22(24)25)18-20-15-14-19-11-7-8-12-21(19)26-20/h7-8,11-12,20H,2-6,9-10,13-18H2,1H3,(H,24,25). The number of rotatable bonds is 13. The fourth-order valence-electron chi connectivity index (χ4n) is 3.64. The SMILES string of the molecule is CCCCCCN(CCCCCC(=O)O)CC1CCc2ccccc2O1.